The van der Waals surface area contributed by atoms with Crippen molar-refractivity contribution in [3.8, 4) is 5.75 Å². The molecular weight excluding hydrogens is 196 g/mol. The van der Waals surface area contributed by atoms with Gasteiger partial charge < -0.3 is 15.4 Å². The summed E-state index contributed by atoms with van der Waals surface area (Å²) in [7, 11) is 0. The van der Waals surface area contributed by atoms with Crippen LogP contribution in [-0.2, 0) is 0 Å². The van der Waals surface area contributed by atoms with Gasteiger partial charge in [0, 0.05) is 18.8 Å². The molecule has 0 atom stereocenters. The second-order valence-electron chi connectivity index (χ2n) is 3.21. The normalized spacial score (nSPS) is 9.93. The van der Waals surface area contributed by atoms with Crippen LogP contribution in [0.4, 0.5) is 0 Å². The van der Waals surface area contributed by atoms with E-state index in [-0.39, 0.29) is 17.2 Å². The highest BCUT2D eigenvalue weighted by molar-refractivity contribution is 5.96. The van der Waals surface area contributed by atoms with Gasteiger partial charge in [0.2, 0.25) is 0 Å². The van der Waals surface area contributed by atoms with Crippen LogP contribution in [0, 0.1) is 0 Å². The topological polar surface area (TPSA) is 82.2 Å². The molecule has 0 aromatic carbocycles. The third-order valence-electron chi connectivity index (χ3n) is 1.96. The molecule has 0 spiro atoms. The summed E-state index contributed by atoms with van der Waals surface area (Å²) in [4.78, 5) is 24.6. The van der Waals surface area contributed by atoms with Crippen molar-refractivity contribution in [2.45, 2.75) is 19.8 Å². The van der Waals surface area contributed by atoms with Crippen molar-refractivity contribution in [2.75, 3.05) is 6.54 Å². The zero-order valence-corrected chi connectivity index (χ0v) is 8.54. The predicted octanol–water partition coefficient (Wildman–Crippen LogP) is 0.610. The quantitative estimate of drug-likeness (QED) is 0.637. The lowest BCUT2D eigenvalue weighted by Gasteiger charge is -2.04. The van der Waals surface area contributed by atoms with E-state index in [1.54, 1.807) is 0 Å². The second-order valence-corrected chi connectivity index (χ2v) is 3.21. The number of amides is 1. The lowest BCUT2D eigenvalue weighted by molar-refractivity contribution is 0.0950. The van der Waals surface area contributed by atoms with Crippen molar-refractivity contribution in [3.63, 3.8) is 0 Å². The molecule has 1 aromatic rings. The molecule has 1 aromatic heterocycles. The maximum atomic E-state index is 11.5. The molecule has 82 valence electrons. The molecule has 5 nitrogen and oxygen atoms in total. The number of hydrogen-bond acceptors (Lipinski definition) is 3. The van der Waals surface area contributed by atoms with Crippen LogP contribution in [0.25, 0.3) is 0 Å². The van der Waals surface area contributed by atoms with Crippen molar-refractivity contribution >= 4 is 5.91 Å². The number of unbranched alkanes of at least 4 members (excludes halogenated alkanes) is 1. The van der Waals surface area contributed by atoms with Crippen molar-refractivity contribution in [3.05, 3.63) is 28.2 Å². The summed E-state index contributed by atoms with van der Waals surface area (Å²) in [5.41, 5.74) is -0.344. The lowest BCUT2D eigenvalue weighted by Crippen LogP contribution is -2.25. The van der Waals surface area contributed by atoms with E-state index in [1.807, 2.05) is 6.92 Å². The molecule has 0 bridgehead atoms. The Hall–Kier alpha value is -1.78. The number of hydrogen-bond donors (Lipinski definition) is 3. The van der Waals surface area contributed by atoms with E-state index < -0.39 is 5.56 Å². The minimum Gasteiger partial charge on any atom is -0.507 e. The Labute approximate surface area is 87.1 Å². The van der Waals surface area contributed by atoms with E-state index in [2.05, 4.69) is 10.3 Å². The molecule has 0 unspecified atom stereocenters. The summed E-state index contributed by atoms with van der Waals surface area (Å²) in [5.74, 6) is -0.676. The highest BCUT2D eigenvalue weighted by Gasteiger charge is 2.10. The average molecular weight is 210 g/mol. The Morgan fingerprint density at radius 2 is 2.33 bits per heavy atom. The van der Waals surface area contributed by atoms with Crippen LogP contribution in [0.15, 0.2) is 17.1 Å². The van der Waals surface area contributed by atoms with Gasteiger partial charge in [-0.25, -0.2) is 0 Å². The average Bonchev–Trinajstić information content (AvgIpc) is 2.17. The lowest BCUT2D eigenvalue weighted by atomic mass is 10.2. The molecule has 0 aliphatic carbocycles. The molecule has 0 radical (unpaired) electrons. The van der Waals surface area contributed by atoms with Crippen LogP contribution < -0.4 is 10.9 Å². The number of aromatic hydroxyl groups is 1. The van der Waals surface area contributed by atoms with Gasteiger partial charge in [-0.05, 0) is 6.42 Å². The Morgan fingerprint density at radius 1 is 1.60 bits per heavy atom. The van der Waals surface area contributed by atoms with Gasteiger partial charge in [-0.2, -0.15) is 0 Å². The highest BCUT2D eigenvalue weighted by Crippen LogP contribution is 2.11. The van der Waals surface area contributed by atoms with E-state index in [0.717, 1.165) is 18.9 Å². The summed E-state index contributed by atoms with van der Waals surface area (Å²) >= 11 is 0. The third-order valence-corrected chi connectivity index (χ3v) is 1.96. The Morgan fingerprint density at radius 3 is 2.93 bits per heavy atom. The van der Waals surface area contributed by atoms with Gasteiger partial charge >= 0.3 is 0 Å². The summed E-state index contributed by atoms with van der Waals surface area (Å²) < 4.78 is 0. The molecule has 0 saturated carbocycles. The Kier molecular flexibility index (Phi) is 3.91. The summed E-state index contributed by atoms with van der Waals surface area (Å²) in [6, 6.07) is 0.981. The number of carbonyl (C=O) groups is 1. The van der Waals surface area contributed by atoms with Gasteiger partial charge in [0.15, 0.2) is 0 Å². The van der Waals surface area contributed by atoms with Gasteiger partial charge in [-0.1, -0.05) is 13.3 Å². The highest BCUT2D eigenvalue weighted by atomic mass is 16.3. The summed E-state index contributed by atoms with van der Waals surface area (Å²) in [5, 5.41) is 12.0. The number of H-pyrrole nitrogens is 1. The van der Waals surface area contributed by atoms with Crippen molar-refractivity contribution in [1.82, 2.24) is 10.3 Å². The van der Waals surface area contributed by atoms with Crippen molar-refractivity contribution in [1.29, 1.82) is 0 Å². The van der Waals surface area contributed by atoms with Gasteiger partial charge in [0.1, 0.15) is 5.75 Å². The second kappa shape index (κ2) is 5.19. The Bertz CT molecular complexity index is 398. The van der Waals surface area contributed by atoms with E-state index in [1.165, 1.54) is 6.20 Å². The fourth-order valence-electron chi connectivity index (χ4n) is 1.12. The predicted molar refractivity (Wildman–Crippen MR) is 56.0 cm³/mol. The first-order valence-electron chi connectivity index (χ1n) is 4.85. The molecule has 1 heterocycles. The molecule has 5 heteroatoms. The fraction of sp³-hybridized carbons (Fsp3) is 0.400. The minimum atomic E-state index is -0.433. The smallest absolute Gasteiger partial charge is 0.256 e. The first kappa shape index (κ1) is 11.3. The number of nitrogens with one attached hydrogen (secondary N) is 2. The number of aromatic amines is 1. The first-order valence-corrected chi connectivity index (χ1v) is 4.85. The first-order chi connectivity index (χ1) is 7.15. The van der Waals surface area contributed by atoms with Crippen LogP contribution in [0.1, 0.15) is 30.1 Å². The summed E-state index contributed by atoms with van der Waals surface area (Å²) in [6.45, 7) is 2.58. The molecular formula is C10H14N2O3. The van der Waals surface area contributed by atoms with Gasteiger partial charge in [-0.15, -0.1) is 0 Å². The largest absolute Gasteiger partial charge is 0.507 e. The monoisotopic (exact) mass is 210 g/mol. The van der Waals surface area contributed by atoms with Gasteiger partial charge in [0.05, 0.1) is 5.56 Å². The van der Waals surface area contributed by atoms with E-state index in [4.69, 9.17) is 0 Å². The molecule has 0 aliphatic rings. The van der Waals surface area contributed by atoms with E-state index in [0.29, 0.717) is 6.54 Å². The standard InChI is InChI=1S/C10H14N2O3/c1-2-3-4-11-10(15)7-6-12-9(14)5-8(7)13/h5-6H,2-4H2,1H3,(H,11,15)(H2,12,13,14). The maximum absolute atomic E-state index is 11.5. The van der Waals surface area contributed by atoms with Gasteiger partial charge in [-0.3, -0.25) is 9.59 Å². The third kappa shape index (κ3) is 3.12. The number of carbonyl (C=O) groups excluding carboxylic acids is 1. The van der Waals surface area contributed by atoms with Crippen LogP contribution in [0.2, 0.25) is 0 Å². The zero-order valence-electron chi connectivity index (χ0n) is 8.54. The van der Waals surface area contributed by atoms with Gasteiger partial charge in [0.25, 0.3) is 11.5 Å². The number of aromatic nitrogens is 1. The zero-order chi connectivity index (χ0) is 11.3. The molecule has 15 heavy (non-hydrogen) atoms. The molecule has 3 N–H and O–H groups in total. The SMILES string of the molecule is CCCCNC(=O)c1c[nH]c(=O)cc1O. The van der Waals surface area contributed by atoms with Crippen molar-refractivity contribution in [2.24, 2.45) is 0 Å². The fourth-order valence-corrected chi connectivity index (χ4v) is 1.12. The van der Waals surface area contributed by atoms with Crippen molar-refractivity contribution < 1.29 is 9.90 Å². The molecule has 0 fully saturated rings. The molecule has 0 saturated heterocycles. The van der Waals surface area contributed by atoms with E-state index in [9.17, 15) is 14.7 Å². The minimum absolute atomic E-state index is 0.0886. The Balaban J connectivity index is 2.69. The van der Waals surface area contributed by atoms with Crippen LogP contribution in [0.5, 0.6) is 5.75 Å². The van der Waals surface area contributed by atoms with Crippen LogP contribution in [-0.4, -0.2) is 22.5 Å². The number of pyridine rings is 1. The van der Waals surface area contributed by atoms with E-state index >= 15 is 0 Å². The molecule has 0 aliphatic heterocycles. The number of rotatable bonds is 4. The summed E-state index contributed by atoms with van der Waals surface area (Å²) in [6.07, 6.45) is 3.08. The van der Waals surface area contributed by atoms with Crippen LogP contribution >= 0.6 is 0 Å². The van der Waals surface area contributed by atoms with Crippen LogP contribution in [0.3, 0.4) is 0 Å². The molecule has 1 rings (SSSR count). The molecule has 1 amide bonds. The maximum Gasteiger partial charge on any atom is 0.256 e.